The summed E-state index contributed by atoms with van der Waals surface area (Å²) >= 11 is 5.11. The first-order valence-corrected chi connectivity index (χ1v) is 5.31. The highest BCUT2D eigenvalue weighted by molar-refractivity contribution is 7.86. The molecule has 7 heteroatoms. The number of carbonyl (C=O) groups is 1. The Morgan fingerprint density at radius 2 is 2.15 bits per heavy atom. The molecule has 0 fully saturated rings. The minimum atomic E-state index is -3.95. The third-order valence-corrected chi connectivity index (χ3v) is 2.79. The zero-order valence-electron chi connectivity index (χ0n) is 6.89. The number of alkyl halides is 3. The van der Waals surface area contributed by atoms with E-state index >= 15 is 0 Å². The van der Waals surface area contributed by atoms with E-state index in [1.165, 1.54) is 6.92 Å². The van der Waals surface area contributed by atoms with Crippen LogP contribution in [-0.2, 0) is 20.3 Å². The Bertz CT molecular complexity index is 190. The van der Waals surface area contributed by atoms with Crippen molar-refractivity contribution in [3.63, 3.8) is 0 Å². The van der Waals surface area contributed by atoms with Gasteiger partial charge in [-0.2, -0.15) is 8.78 Å². The van der Waals surface area contributed by atoms with Gasteiger partial charge in [0.15, 0.2) is 0 Å². The molecule has 0 rings (SSSR count). The molecule has 0 bridgehead atoms. The monoisotopic (exact) mass is 234 g/mol. The lowest BCUT2D eigenvalue weighted by Crippen LogP contribution is -2.37. The van der Waals surface area contributed by atoms with Crippen LogP contribution in [0.3, 0.4) is 0 Å². The van der Waals surface area contributed by atoms with Crippen molar-refractivity contribution < 1.29 is 22.5 Å². The first-order chi connectivity index (χ1) is 5.96. The van der Waals surface area contributed by atoms with Crippen molar-refractivity contribution in [2.24, 2.45) is 0 Å². The molecule has 0 N–H and O–H groups in total. The van der Waals surface area contributed by atoms with Crippen LogP contribution >= 0.6 is 11.6 Å². The van der Waals surface area contributed by atoms with E-state index in [1.807, 2.05) is 0 Å². The van der Waals surface area contributed by atoms with Gasteiger partial charge in [-0.15, -0.1) is 11.6 Å². The molecule has 0 aromatic carbocycles. The van der Waals surface area contributed by atoms with E-state index in [0.717, 1.165) is 0 Å². The highest BCUT2D eigenvalue weighted by Crippen LogP contribution is 2.20. The zero-order chi connectivity index (χ0) is 10.5. The van der Waals surface area contributed by atoms with Crippen molar-refractivity contribution in [2.75, 3.05) is 18.2 Å². The second kappa shape index (κ2) is 5.49. The van der Waals surface area contributed by atoms with Gasteiger partial charge in [0, 0.05) is 11.6 Å². The van der Waals surface area contributed by atoms with Gasteiger partial charge in [0.05, 0.1) is 6.61 Å². The van der Waals surface area contributed by atoms with Crippen LogP contribution in [0.2, 0.25) is 0 Å². The van der Waals surface area contributed by atoms with Crippen LogP contribution in [-0.4, -0.2) is 33.7 Å². The molecule has 78 valence electrons. The van der Waals surface area contributed by atoms with Crippen molar-refractivity contribution in [1.29, 1.82) is 0 Å². The number of carbonyl (C=O) groups excluding carboxylic acids is 1. The largest absolute Gasteiger partial charge is 0.461 e. The molecule has 0 saturated heterocycles. The van der Waals surface area contributed by atoms with Crippen LogP contribution < -0.4 is 0 Å². The SMILES string of the molecule is CCOC(=O)C(F)(F)S(=O)CCCl. The number of hydrogen-bond acceptors (Lipinski definition) is 3. The first-order valence-electron chi connectivity index (χ1n) is 3.46. The van der Waals surface area contributed by atoms with Crippen LogP contribution in [0, 0.1) is 0 Å². The molecule has 0 radical (unpaired) electrons. The van der Waals surface area contributed by atoms with Crippen molar-refractivity contribution in [3.05, 3.63) is 0 Å². The fraction of sp³-hybridized carbons (Fsp3) is 0.833. The molecular weight excluding hydrogens is 226 g/mol. The highest BCUT2D eigenvalue weighted by Gasteiger charge is 2.46. The lowest BCUT2D eigenvalue weighted by molar-refractivity contribution is -0.159. The van der Waals surface area contributed by atoms with E-state index in [1.54, 1.807) is 0 Å². The van der Waals surface area contributed by atoms with Gasteiger partial charge in [-0.3, -0.25) is 4.21 Å². The lowest BCUT2D eigenvalue weighted by Gasteiger charge is -2.12. The maximum atomic E-state index is 12.8. The Morgan fingerprint density at radius 3 is 2.54 bits per heavy atom. The summed E-state index contributed by atoms with van der Waals surface area (Å²) in [5, 5.41) is -3.95. The normalized spacial score (nSPS) is 13.8. The van der Waals surface area contributed by atoms with Crippen LogP contribution in [0.5, 0.6) is 0 Å². The Morgan fingerprint density at radius 1 is 1.62 bits per heavy atom. The Balaban J connectivity index is 4.36. The maximum absolute atomic E-state index is 12.8. The summed E-state index contributed by atoms with van der Waals surface area (Å²) in [6.45, 7) is 1.21. The predicted octanol–water partition coefficient (Wildman–Crippen LogP) is 1.13. The molecule has 0 saturated carbocycles. The van der Waals surface area contributed by atoms with Crippen LogP contribution in [0.15, 0.2) is 0 Å². The van der Waals surface area contributed by atoms with Gasteiger partial charge >= 0.3 is 11.2 Å². The fourth-order valence-corrected chi connectivity index (χ4v) is 1.57. The maximum Gasteiger partial charge on any atom is 0.415 e. The van der Waals surface area contributed by atoms with Gasteiger partial charge in [-0.05, 0) is 6.92 Å². The smallest absolute Gasteiger partial charge is 0.415 e. The topological polar surface area (TPSA) is 43.4 Å². The summed E-state index contributed by atoms with van der Waals surface area (Å²) in [6.07, 6.45) is 0. The van der Waals surface area contributed by atoms with Crippen LogP contribution in [0.4, 0.5) is 8.78 Å². The van der Waals surface area contributed by atoms with Gasteiger partial charge in [0.2, 0.25) is 0 Å². The molecule has 13 heavy (non-hydrogen) atoms. The summed E-state index contributed by atoms with van der Waals surface area (Å²) in [5.74, 6) is -2.40. The van der Waals surface area contributed by atoms with Crippen LogP contribution in [0.25, 0.3) is 0 Å². The van der Waals surface area contributed by atoms with Crippen LogP contribution in [0.1, 0.15) is 6.92 Å². The Kier molecular flexibility index (Phi) is 5.39. The third kappa shape index (κ3) is 3.56. The second-order valence-electron chi connectivity index (χ2n) is 1.98. The lowest BCUT2D eigenvalue weighted by atomic mass is 10.7. The zero-order valence-corrected chi connectivity index (χ0v) is 8.46. The average molecular weight is 235 g/mol. The van der Waals surface area contributed by atoms with Gasteiger partial charge < -0.3 is 4.74 Å². The number of esters is 1. The predicted molar refractivity (Wildman–Crippen MR) is 45.3 cm³/mol. The number of hydrogen-bond donors (Lipinski definition) is 0. The third-order valence-electron chi connectivity index (χ3n) is 1.06. The van der Waals surface area contributed by atoms with Gasteiger partial charge in [0.25, 0.3) is 0 Å². The van der Waals surface area contributed by atoms with E-state index in [0.29, 0.717) is 0 Å². The van der Waals surface area contributed by atoms with Gasteiger partial charge in [-0.25, -0.2) is 4.79 Å². The second-order valence-corrected chi connectivity index (χ2v) is 3.97. The standard InChI is InChI=1S/C6H9ClF2O3S/c1-2-12-5(10)6(8,9)13(11)4-3-7/h2-4H2,1H3. The van der Waals surface area contributed by atoms with E-state index in [9.17, 15) is 17.8 Å². The minimum absolute atomic E-state index is 0.174. The first kappa shape index (κ1) is 12.8. The molecular formula is C6H9ClF2O3S. The summed E-state index contributed by atoms with van der Waals surface area (Å²) in [4.78, 5) is 10.6. The molecule has 3 nitrogen and oxygen atoms in total. The van der Waals surface area contributed by atoms with Gasteiger partial charge in [0.1, 0.15) is 10.8 Å². The molecule has 0 heterocycles. The number of rotatable bonds is 5. The molecule has 0 amide bonds. The molecule has 0 aromatic heterocycles. The van der Waals surface area contributed by atoms with Crippen molar-refractivity contribution in [2.45, 2.75) is 12.2 Å². The average Bonchev–Trinajstić information content (AvgIpc) is 2.05. The van der Waals surface area contributed by atoms with Crippen molar-refractivity contribution >= 4 is 28.4 Å². The quantitative estimate of drug-likeness (QED) is 0.529. The van der Waals surface area contributed by atoms with E-state index in [4.69, 9.17) is 11.6 Å². The molecule has 0 aliphatic rings. The Labute approximate surface area is 81.8 Å². The fourth-order valence-electron chi connectivity index (χ4n) is 0.506. The molecule has 0 aromatic rings. The van der Waals surface area contributed by atoms with E-state index in [-0.39, 0.29) is 12.5 Å². The van der Waals surface area contributed by atoms with Crippen molar-refractivity contribution in [3.8, 4) is 0 Å². The minimum Gasteiger partial charge on any atom is -0.461 e. The van der Waals surface area contributed by atoms with E-state index in [2.05, 4.69) is 4.74 Å². The molecule has 1 unspecified atom stereocenters. The summed E-state index contributed by atoms with van der Waals surface area (Å²) in [7, 11) is -2.60. The number of ether oxygens (including phenoxy) is 1. The Hall–Kier alpha value is -0.230. The van der Waals surface area contributed by atoms with Gasteiger partial charge in [-0.1, -0.05) is 0 Å². The molecule has 0 spiro atoms. The molecule has 0 aliphatic carbocycles. The highest BCUT2D eigenvalue weighted by atomic mass is 35.5. The summed E-state index contributed by atoms with van der Waals surface area (Å²) in [6, 6.07) is 0. The van der Waals surface area contributed by atoms with E-state index < -0.39 is 27.8 Å². The summed E-state index contributed by atoms with van der Waals surface area (Å²) < 4.78 is 40.3. The number of halogens is 3. The molecule has 1 atom stereocenters. The molecule has 0 aliphatic heterocycles. The summed E-state index contributed by atoms with van der Waals surface area (Å²) in [5.41, 5.74) is 0. The van der Waals surface area contributed by atoms with Crippen molar-refractivity contribution in [1.82, 2.24) is 0 Å².